The zero-order valence-corrected chi connectivity index (χ0v) is 10.7. The van der Waals surface area contributed by atoms with Crippen LogP contribution in [0.2, 0.25) is 0 Å². The van der Waals surface area contributed by atoms with Crippen molar-refractivity contribution in [2.75, 3.05) is 25.5 Å². The number of amides is 1. The van der Waals surface area contributed by atoms with E-state index in [0.717, 1.165) is 25.9 Å². The number of nitrogens with one attached hydrogen (secondary N) is 1. The Labute approximate surface area is 107 Å². The summed E-state index contributed by atoms with van der Waals surface area (Å²) in [5.74, 6) is -0.445. The van der Waals surface area contributed by atoms with Gasteiger partial charge in [0.15, 0.2) is 0 Å². The molecule has 0 unspecified atom stereocenters. The number of hydrogen-bond acceptors (Lipinski definition) is 2. The van der Waals surface area contributed by atoms with Crippen LogP contribution in [0.3, 0.4) is 0 Å². The van der Waals surface area contributed by atoms with E-state index in [1.807, 2.05) is 4.90 Å². The normalized spacial score (nSPS) is 16.2. The van der Waals surface area contributed by atoms with Gasteiger partial charge in [-0.2, -0.15) is 0 Å². The lowest BCUT2D eigenvalue weighted by Crippen LogP contribution is -2.32. The lowest BCUT2D eigenvalue weighted by molar-refractivity contribution is 0.0762. The minimum absolute atomic E-state index is 0.0687. The van der Waals surface area contributed by atoms with Gasteiger partial charge in [0, 0.05) is 20.1 Å². The third kappa shape index (κ3) is 2.63. The quantitative estimate of drug-likeness (QED) is 0.875. The standard InChI is InChI=1S/C14H19FN2O/c1-16-13-11(7-6-8-12(13)15)14(18)17-9-4-2-3-5-10-17/h6-8,16H,2-5,9-10H2,1H3. The van der Waals surface area contributed by atoms with E-state index in [4.69, 9.17) is 0 Å². The van der Waals surface area contributed by atoms with Crippen molar-refractivity contribution in [3.8, 4) is 0 Å². The van der Waals surface area contributed by atoms with Crippen LogP contribution in [0, 0.1) is 5.82 Å². The predicted octanol–water partition coefficient (Wildman–Crippen LogP) is 2.88. The summed E-state index contributed by atoms with van der Waals surface area (Å²) in [5.41, 5.74) is 0.728. The minimum Gasteiger partial charge on any atom is -0.385 e. The molecule has 0 atom stereocenters. The summed E-state index contributed by atoms with van der Waals surface area (Å²) in [6, 6.07) is 4.63. The Morgan fingerprint density at radius 3 is 2.50 bits per heavy atom. The lowest BCUT2D eigenvalue weighted by Gasteiger charge is -2.21. The van der Waals surface area contributed by atoms with E-state index in [0.29, 0.717) is 11.3 Å². The number of benzene rings is 1. The third-order valence-corrected chi connectivity index (χ3v) is 3.39. The highest BCUT2D eigenvalue weighted by molar-refractivity contribution is 5.99. The number of anilines is 1. The summed E-state index contributed by atoms with van der Waals surface area (Å²) in [7, 11) is 1.64. The molecule has 0 saturated carbocycles. The molecule has 1 aromatic rings. The van der Waals surface area contributed by atoms with Crippen molar-refractivity contribution in [3.63, 3.8) is 0 Å². The summed E-state index contributed by atoms with van der Waals surface area (Å²) in [6.45, 7) is 1.55. The highest BCUT2D eigenvalue weighted by atomic mass is 19.1. The second-order valence-electron chi connectivity index (χ2n) is 4.62. The molecule has 1 heterocycles. The average molecular weight is 250 g/mol. The predicted molar refractivity (Wildman–Crippen MR) is 70.3 cm³/mol. The summed E-state index contributed by atoms with van der Waals surface area (Å²) in [4.78, 5) is 14.2. The second-order valence-corrected chi connectivity index (χ2v) is 4.62. The molecule has 0 aliphatic carbocycles. The zero-order valence-electron chi connectivity index (χ0n) is 10.7. The van der Waals surface area contributed by atoms with Gasteiger partial charge in [-0.25, -0.2) is 4.39 Å². The van der Waals surface area contributed by atoms with Crippen molar-refractivity contribution >= 4 is 11.6 Å². The Balaban J connectivity index is 2.24. The molecule has 1 aliphatic heterocycles. The van der Waals surface area contributed by atoms with E-state index in [9.17, 15) is 9.18 Å². The molecule has 98 valence electrons. The average Bonchev–Trinajstić information content (AvgIpc) is 2.66. The van der Waals surface area contributed by atoms with Crippen molar-refractivity contribution in [1.82, 2.24) is 4.90 Å². The molecule has 3 nitrogen and oxygen atoms in total. The van der Waals surface area contributed by atoms with E-state index in [2.05, 4.69) is 5.32 Å². The summed E-state index contributed by atoms with van der Waals surface area (Å²) in [6.07, 6.45) is 4.42. The fourth-order valence-electron chi connectivity index (χ4n) is 2.40. The van der Waals surface area contributed by atoms with Crippen molar-refractivity contribution in [2.24, 2.45) is 0 Å². The van der Waals surface area contributed by atoms with Crippen LogP contribution >= 0.6 is 0 Å². The molecule has 1 saturated heterocycles. The lowest BCUT2D eigenvalue weighted by atomic mass is 10.1. The molecule has 18 heavy (non-hydrogen) atoms. The van der Waals surface area contributed by atoms with Crippen LogP contribution < -0.4 is 5.32 Å². The number of para-hydroxylation sites is 1. The highest BCUT2D eigenvalue weighted by Crippen LogP contribution is 2.22. The molecule has 1 fully saturated rings. The fourth-order valence-corrected chi connectivity index (χ4v) is 2.40. The summed E-state index contributed by atoms with van der Waals surface area (Å²) >= 11 is 0. The number of carbonyl (C=O) groups is 1. The van der Waals surface area contributed by atoms with Crippen molar-refractivity contribution < 1.29 is 9.18 Å². The SMILES string of the molecule is CNc1c(F)cccc1C(=O)N1CCCCCC1. The van der Waals surface area contributed by atoms with Gasteiger partial charge in [-0.15, -0.1) is 0 Å². The first kappa shape index (κ1) is 12.9. The molecule has 0 aromatic heterocycles. The topological polar surface area (TPSA) is 32.3 Å². The number of likely N-dealkylation sites (tertiary alicyclic amines) is 1. The third-order valence-electron chi connectivity index (χ3n) is 3.39. The largest absolute Gasteiger partial charge is 0.385 e. The van der Waals surface area contributed by atoms with Crippen molar-refractivity contribution in [3.05, 3.63) is 29.6 Å². The van der Waals surface area contributed by atoms with Crippen molar-refractivity contribution in [2.45, 2.75) is 25.7 Å². The molecule has 4 heteroatoms. The Bertz CT molecular complexity index is 426. The van der Waals surface area contributed by atoms with E-state index in [1.54, 1.807) is 19.2 Å². The van der Waals surface area contributed by atoms with Gasteiger partial charge in [-0.05, 0) is 25.0 Å². The first-order valence-electron chi connectivity index (χ1n) is 6.49. The van der Waals surface area contributed by atoms with Gasteiger partial charge in [0.2, 0.25) is 0 Å². The molecule has 1 amide bonds. The molecule has 1 aliphatic rings. The smallest absolute Gasteiger partial charge is 0.256 e. The van der Waals surface area contributed by atoms with E-state index in [1.165, 1.54) is 18.9 Å². The Morgan fingerprint density at radius 1 is 1.22 bits per heavy atom. The van der Waals surface area contributed by atoms with Crippen LogP contribution in [-0.4, -0.2) is 30.9 Å². The highest BCUT2D eigenvalue weighted by Gasteiger charge is 2.21. The molecule has 1 aromatic carbocycles. The van der Waals surface area contributed by atoms with Crippen LogP contribution in [0.4, 0.5) is 10.1 Å². The fraction of sp³-hybridized carbons (Fsp3) is 0.500. The van der Waals surface area contributed by atoms with E-state index < -0.39 is 0 Å². The summed E-state index contributed by atoms with van der Waals surface area (Å²) in [5, 5.41) is 2.78. The number of carbonyl (C=O) groups excluding carboxylic acids is 1. The molecule has 1 N–H and O–H groups in total. The van der Waals surface area contributed by atoms with Gasteiger partial charge in [0.1, 0.15) is 5.82 Å². The van der Waals surface area contributed by atoms with Crippen LogP contribution in [0.15, 0.2) is 18.2 Å². The van der Waals surface area contributed by atoms with Gasteiger partial charge < -0.3 is 10.2 Å². The van der Waals surface area contributed by atoms with E-state index in [-0.39, 0.29) is 11.7 Å². The number of rotatable bonds is 2. The van der Waals surface area contributed by atoms with Crippen LogP contribution in [0.5, 0.6) is 0 Å². The summed E-state index contributed by atoms with van der Waals surface area (Å²) < 4.78 is 13.6. The Kier molecular flexibility index (Phi) is 4.18. The molecule has 2 rings (SSSR count). The number of nitrogens with zero attached hydrogens (tertiary/aromatic N) is 1. The van der Waals surface area contributed by atoms with Gasteiger partial charge in [0.05, 0.1) is 11.3 Å². The number of halogens is 1. The monoisotopic (exact) mass is 250 g/mol. The van der Waals surface area contributed by atoms with Crippen molar-refractivity contribution in [1.29, 1.82) is 0 Å². The van der Waals surface area contributed by atoms with Gasteiger partial charge >= 0.3 is 0 Å². The Hall–Kier alpha value is -1.58. The van der Waals surface area contributed by atoms with Gasteiger partial charge in [-0.1, -0.05) is 18.9 Å². The molecular weight excluding hydrogens is 231 g/mol. The van der Waals surface area contributed by atoms with Gasteiger partial charge in [-0.3, -0.25) is 4.79 Å². The molecular formula is C14H19FN2O. The van der Waals surface area contributed by atoms with E-state index >= 15 is 0 Å². The Morgan fingerprint density at radius 2 is 1.89 bits per heavy atom. The van der Waals surface area contributed by atoms with Crippen LogP contribution in [0.25, 0.3) is 0 Å². The second kappa shape index (κ2) is 5.85. The first-order valence-corrected chi connectivity index (χ1v) is 6.49. The maximum Gasteiger partial charge on any atom is 0.256 e. The van der Waals surface area contributed by atoms with Gasteiger partial charge in [0.25, 0.3) is 5.91 Å². The molecule has 0 radical (unpaired) electrons. The molecule has 0 bridgehead atoms. The molecule has 0 spiro atoms. The zero-order chi connectivity index (χ0) is 13.0. The maximum atomic E-state index is 13.6. The maximum absolute atomic E-state index is 13.6. The van der Waals surface area contributed by atoms with Crippen LogP contribution in [0.1, 0.15) is 36.0 Å². The number of hydrogen-bond donors (Lipinski definition) is 1. The minimum atomic E-state index is -0.377. The van der Waals surface area contributed by atoms with Crippen LogP contribution in [-0.2, 0) is 0 Å². The first-order chi connectivity index (χ1) is 8.74.